The van der Waals surface area contributed by atoms with E-state index >= 15 is 4.39 Å². The van der Waals surface area contributed by atoms with E-state index in [9.17, 15) is 4.79 Å². The Morgan fingerprint density at radius 1 is 1.31 bits per heavy atom. The Hall–Kier alpha value is -3.12. The van der Waals surface area contributed by atoms with Crippen LogP contribution in [0.3, 0.4) is 0 Å². The van der Waals surface area contributed by atoms with Crippen LogP contribution in [0.5, 0.6) is 5.88 Å². The van der Waals surface area contributed by atoms with Gasteiger partial charge in [-0.2, -0.15) is 14.6 Å². The van der Waals surface area contributed by atoms with Gasteiger partial charge in [-0.3, -0.25) is 0 Å². The Labute approximate surface area is 190 Å². The van der Waals surface area contributed by atoms with Crippen LogP contribution in [0.2, 0.25) is 5.02 Å². The molecule has 0 saturated carbocycles. The molecule has 1 aromatic heterocycles. The number of carbonyl (C=O) groups is 1. The van der Waals surface area contributed by atoms with Crippen molar-refractivity contribution in [3.05, 3.63) is 40.9 Å². The molecule has 0 spiro atoms. The van der Waals surface area contributed by atoms with Crippen LogP contribution in [-0.2, 0) is 4.74 Å². The average molecular weight is 460 g/mol. The van der Waals surface area contributed by atoms with Crippen molar-refractivity contribution in [3.8, 4) is 11.9 Å². The Bertz CT molecular complexity index is 1050. The van der Waals surface area contributed by atoms with E-state index in [0.29, 0.717) is 24.1 Å². The topological polar surface area (TPSA) is 100 Å². The van der Waals surface area contributed by atoms with Crippen molar-refractivity contribution in [3.63, 3.8) is 0 Å². The van der Waals surface area contributed by atoms with Crippen LogP contribution in [0.25, 0.3) is 0 Å². The Morgan fingerprint density at radius 3 is 2.66 bits per heavy atom. The summed E-state index contributed by atoms with van der Waals surface area (Å²) in [6, 6.07) is 6.63. The zero-order chi connectivity index (χ0) is 22.8. The monoisotopic (exact) mass is 459 g/mol. The second-order valence-electron chi connectivity index (χ2n) is 8.21. The molecule has 1 aromatic carbocycles. The third-order valence-corrected chi connectivity index (χ3v) is 5.94. The molecule has 2 aromatic rings. The molecule has 168 valence electrons. The minimum Gasteiger partial charge on any atom is -0.472 e. The first-order valence-electron chi connectivity index (χ1n) is 10.5. The SMILES string of the molecule is CC(C)OC(=O)N1[C@H]2CC[C@H]1CC(Oc1ncnc(Nc3ccc(C#N)cc3Cl)c1F)C2. The summed E-state index contributed by atoms with van der Waals surface area (Å²) in [6.07, 6.45) is 3.36. The molecule has 3 heterocycles. The first kappa shape index (κ1) is 22.1. The lowest BCUT2D eigenvalue weighted by molar-refractivity contribution is 0.0198. The second-order valence-corrected chi connectivity index (χ2v) is 8.62. The first-order chi connectivity index (χ1) is 15.4. The summed E-state index contributed by atoms with van der Waals surface area (Å²) in [5, 5.41) is 12.0. The summed E-state index contributed by atoms with van der Waals surface area (Å²) in [7, 11) is 0. The largest absolute Gasteiger partial charge is 0.472 e. The number of aromatic nitrogens is 2. The molecule has 1 N–H and O–H groups in total. The number of fused-ring (bicyclic) bond motifs is 2. The van der Waals surface area contributed by atoms with Gasteiger partial charge in [0.1, 0.15) is 12.4 Å². The van der Waals surface area contributed by atoms with Gasteiger partial charge in [-0.05, 0) is 44.9 Å². The Kier molecular flexibility index (Phi) is 6.33. The molecule has 2 aliphatic heterocycles. The van der Waals surface area contributed by atoms with Gasteiger partial charge in [0.15, 0.2) is 5.82 Å². The number of nitrogens with zero attached hydrogens (tertiary/aromatic N) is 4. The molecular formula is C22H23ClFN5O3. The van der Waals surface area contributed by atoms with Crippen LogP contribution in [0.15, 0.2) is 24.5 Å². The zero-order valence-electron chi connectivity index (χ0n) is 17.7. The van der Waals surface area contributed by atoms with Gasteiger partial charge in [-0.15, -0.1) is 0 Å². The molecule has 0 unspecified atom stereocenters. The highest BCUT2D eigenvalue weighted by molar-refractivity contribution is 6.33. The number of carbonyl (C=O) groups excluding carboxylic acids is 1. The number of amides is 1. The fourth-order valence-corrected chi connectivity index (χ4v) is 4.51. The molecule has 2 aliphatic rings. The summed E-state index contributed by atoms with van der Waals surface area (Å²) >= 11 is 6.16. The number of hydrogen-bond donors (Lipinski definition) is 1. The summed E-state index contributed by atoms with van der Waals surface area (Å²) < 4.78 is 26.3. The average Bonchev–Trinajstić information content (AvgIpc) is 3.02. The number of halogens is 2. The standard InChI is InChI=1S/C22H23ClFN5O3/c1-12(2)31-22(30)29-14-4-5-15(29)9-16(8-14)32-21-19(24)20(26-11-27-21)28-18-6-3-13(10-25)7-17(18)23/h3,6-7,11-12,14-16H,4-5,8-9H2,1-2H3,(H,26,27,28)/t14-,15-/m0/s1. The van der Waals surface area contributed by atoms with Crippen molar-refractivity contribution >= 4 is 29.2 Å². The van der Waals surface area contributed by atoms with E-state index in [0.717, 1.165) is 12.8 Å². The summed E-state index contributed by atoms with van der Waals surface area (Å²) in [6.45, 7) is 3.65. The lowest BCUT2D eigenvalue weighted by atomic mass is 10.0. The maximum atomic E-state index is 15.1. The molecule has 0 aliphatic carbocycles. The lowest BCUT2D eigenvalue weighted by Gasteiger charge is -2.38. The molecule has 1 amide bonds. The number of benzene rings is 1. The number of rotatable bonds is 5. The molecule has 8 nitrogen and oxygen atoms in total. The highest BCUT2D eigenvalue weighted by Gasteiger charge is 2.45. The lowest BCUT2D eigenvalue weighted by Crippen LogP contribution is -2.50. The van der Waals surface area contributed by atoms with Crippen molar-refractivity contribution in [2.75, 3.05) is 5.32 Å². The highest BCUT2D eigenvalue weighted by atomic mass is 35.5. The van der Waals surface area contributed by atoms with Crippen LogP contribution < -0.4 is 10.1 Å². The number of ether oxygens (including phenoxy) is 2. The molecule has 2 bridgehead atoms. The molecule has 2 saturated heterocycles. The number of nitriles is 1. The van der Waals surface area contributed by atoms with E-state index in [1.165, 1.54) is 12.4 Å². The molecule has 2 fully saturated rings. The van der Waals surface area contributed by atoms with E-state index in [-0.39, 0.29) is 47.1 Å². The fourth-order valence-electron chi connectivity index (χ4n) is 4.28. The molecule has 2 atom stereocenters. The zero-order valence-corrected chi connectivity index (χ0v) is 18.5. The minimum atomic E-state index is -0.734. The van der Waals surface area contributed by atoms with Gasteiger partial charge in [0.25, 0.3) is 5.88 Å². The van der Waals surface area contributed by atoms with Crippen molar-refractivity contribution in [1.29, 1.82) is 5.26 Å². The molecule has 0 radical (unpaired) electrons. The number of piperidine rings is 1. The highest BCUT2D eigenvalue weighted by Crippen LogP contribution is 2.38. The predicted molar refractivity (Wildman–Crippen MR) is 115 cm³/mol. The van der Waals surface area contributed by atoms with E-state index in [4.69, 9.17) is 26.3 Å². The maximum Gasteiger partial charge on any atom is 0.410 e. The van der Waals surface area contributed by atoms with Gasteiger partial charge < -0.3 is 19.7 Å². The van der Waals surface area contributed by atoms with E-state index in [1.807, 2.05) is 19.9 Å². The van der Waals surface area contributed by atoms with Crippen molar-refractivity contribution in [2.24, 2.45) is 0 Å². The molecule has 32 heavy (non-hydrogen) atoms. The van der Waals surface area contributed by atoms with E-state index < -0.39 is 5.82 Å². The van der Waals surface area contributed by atoms with Gasteiger partial charge in [-0.1, -0.05) is 11.6 Å². The van der Waals surface area contributed by atoms with Gasteiger partial charge >= 0.3 is 6.09 Å². The summed E-state index contributed by atoms with van der Waals surface area (Å²) in [4.78, 5) is 22.1. The quantitative estimate of drug-likeness (QED) is 0.685. The number of anilines is 2. The van der Waals surface area contributed by atoms with Crippen LogP contribution in [-0.4, -0.2) is 45.3 Å². The number of hydrogen-bond acceptors (Lipinski definition) is 7. The molecule has 4 rings (SSSR count). The van der Waals surface area contributed by atoms with E-state index in [1.54, 1.807) is 17.0 Å². The smallest absolute Gasteiger partial charge is 0.410 e. The van der Waals surface area contributed by atoms with Crippen molar-refractivity contribution in [2.45, 2.75) is 63.8 Å². The second kappa shape index (κ2) is 9.17. The van der Waals surface area contributed by atoms with E-state index in [2.05, 4.69) is 15.3 Å². The fraction of sp³-hybridized carbons (Fsp3) is 0.455. The first-order valence-corrected chi connectivity index (χ1v) is 10.9. The van der Waals surface area contributed by atoms with Gasteiger partial charge in [0, 0.05) is 24.9 Å². The van der Waals surface area contributed by atoms with Crippen LogP contribution in [0, 0.1) is 17.1 Å². The molecular weight excluding hydrogens is 437 g/mol. The Balaban J connectivity index is 1.45. The van der Waals surface area contributed by atoms with Gasteiger partial charge in [-0.25, -0.2) is 9.78 Å². The third-order valence-electron chi connectivity index (χ3n) is 5.62. The van der Waals surface area contributed by atoms with Crippen LogP contribution in [0.4, 0.5) is 20.7 Å². The van der Waals surface area contributed by atoms with Gasteiger partial charge in [0.05, 0.1) is 28.4 Å². The summed E-state index contributed by atoms with van der Waals surface area (Å²) in [5.41, 5.74) is 0.801. The predicted octanol–water partition coefficient (Wildman–Crippen LogP) is 4.80. The third kappa shape index (κ3) is 4.55. The van der Waals surface area contributed by atoms with Crippen LogP contribution >= 0.6 is 11.6 Å². The van der Waals surface area contributed by atoms with Gasteiger partial charge in [0.2, 0.25) is 5.82 Å². The maximum absolute atomic E-state index is 15.1. The summed E-state index contributed by atoms with van der Waals surface area (Å²) in [5.74, 6) is -0.973. The van der Waals surface area contributed by atoms with Crippen molar-refractivity contribution < 1.29 is 18.7 Å². The van der Waals surface area contributed by atoms with Crippen LogP contribution in [0.1, 0.15) is 45.1 Å². The number of nitrogens with one attached hydrogen (secondary N) is 1. The normalized spacial score (nSPS) is 21.9. The van der Waals surface area contributed by atoms with Crippen molar-refractivity contribution in [1.82, 2.24) is 14.9 Å². The molecule has 10 heteroatoms. The minimum absolute atomic E-state index is 0.00458. The Morgan fingerprint density at radius 2 is 2.03 bits per heavy atom.